The van der Waals surface area contributed by atoms with Gasteiger partial charge >= 0.3 is 5.69 Å². The molecule has 0 aliphatic heterocycles. The van der Waals surface area contributed by atoms with Gasteiger partial charge in [-0.2, -0.15) is 0 Å². The molecule has 1 rings (SSSR count). The molecule has 0 aromatic carbocycles. The molecule has 0 aliphatic rings. The highest BCUT2D eigenvalue weighted by Crippen LogP contribution is 2.39. The number of aliphatic hydroxyl groups excluding tert-OH is 2. The maximum atomic E-state index is 11.0. The summed E-state index contributed by atoms with van der Waals surface area (Å²) in [6.07, 6.45) is 1.82. The second-order valence-electron chi connectivity index (χ2n) is 4.48. The Kier molecular flexibility index (Phi) is 6.20. The van der Waals surface area contributed by atoms with Gasteiger partial charge in [0.1, 0.15) is 0 Å². The van der Waals surface area contributed by atoms with E-state index in [0.29, 0.717) is 16.4 Å². The largest absolute Gasteiger partial charge is 0.396 e. The summed E-state index contributed by atoms with van der Waals surface area (Å²) in [4.78, 5) is 13.0. The van der Waals surface area contributed by atoms with Crippen LogP contribution in [0.1, 0.15) is 37.2 Å². The number of aliphatic hydroxyl groups is 2. The predicted octanol–water partition coefficient (Wildman–Crippen LogP) is 2.31. The van der Waals surface area contributed by atoms with E-state index in [0.717, 1.165) is 19.3 Å². The van der Waals surface area contributed by atoms with Crippen molar-refractivity contribution in [3.63, 3.8) is 0 Å². The summed E-state index contributed by atoms with van der Waals surface area (Å²) in [7, 11) is 1.81. The van der Waals surface area contributed by atoms with Crippen molar-refractivity contribution in [2.45, 2.75) is 32.3 Å². The number of unbranched alkanes of at least 4 members (excludes halogenated alkanes) is 2. The first-order chi connectivity index (χ1) is 8.97. The monoisotopic (exact) mass is 288 g/mol. The van der Waals surface area contributed by atoms with E-state index in [2.05, 4.69) is 0 Å². The van der Waals surface area contributed by atoms with Crippen LogP contribution in [0.25, 0.3) is 0 Å². The average molecular weight is 288 g/mol. The van der Waals surface area contributed by atoms with Gasteiger partial charge in [-0.3, -0.25) is 10.1 Å². The lowest BCUT2D eigenvalue weighted by Crippen LogP contribution is -2.18. The highest BCUT2D eigenvalue weighted by atomic mass is 32.1. The molecule has 1 aromatic rings. The first kappa shape index (κ1) is 15.9. The summed E-state index contributed by atoms with van der Waals surface area (Å²) in [6.45, 7) is 2.47. The van der Waals surface area contributed by atoms with E-state index in [4.69, 9.17) is 5.11 Å². The number of anilines is 1. The molecule has 19 heavy (non-hydrogen) atoms. The fraction of sp³-hybridized carbons (Fsp3) is 0.667. The number of nitro groups is 1. The zero-order valence-corrected chi connectivity index (χ0v) is 12.0. The molecule has 0 radical (unpaired) electrons. The minimum Gasteiger partial charge on any atom is -0.396 e. The molecule has 6 nitrogen and oxygen atoms in total. The number of thiophene rings is 1. The van der Waals surface area contributed by atoms with Crippen molar-refractivity contribution in [2.75, 3.05) is 25.1 Å². The predicted molar refractivity (Wildman–Crippen MR) is 75.8 cm³/mol. The molecule has 1 atom stereocenters. The van der Waals surface area contributed by atoms with Crippen molar-refractivity contribution in [3.05, 3.63) is 21.1 Å². The Bertz CT molecular complexity index is 420. The Labute approximate surface area is 116 Å². The Morgan fingerprint density at radius 3 is 2.68 bits per heavy atom. The molecule has 108 valence electrons. The highest BCUT2D eigenvalue weighted by Gasteiger charge is 2.23. The van der Waals surface area contributed by atoms with Crippen LogP contribution in [0, 0.1) is 10.1 Å². The highest BCUT2D eigenvalue weighted by molar-refractivity contribution is 7.16. The van der Waals surface area contributed by atoms with Gasteiger partial charge < -0.3 is 15.1 Å². The summed E-state index contributed by atoms with van der Waals surface area (Å²) in [5.41, 5.74) is 0.0468. The van der Waals surface area contributed by atoms with E-state index in [1.807, 2.05) is 11.9 Å². The summed E-state index contributed by atoms with van der Waals surface area (Å²) in [6, 6.07) is 1.44. The molecular formula is C12H20N2O4S. The Hall–Kier alpha value is -1.18. The molecule has 0 fully saturated rings. The van der Waals surface area contributed by atoms with Crippen LogP contribution in [-0.4, -0.2) is 35.3 Å². The third-order valence-electron chi connectivity index (χ3n) is 2.82. The average Bonchev–Trinajstić information content (AvgIpc) is 2.79. The van der Waals surface area contributed by atoms with Crippen molar-refractivity contribution in [1.29, 1.82) is 0 Å². The molecule has 0 aliphatic carbocycles. The molecule has 0 saturated heterocycles. The lowest BCUT2D eigenvalue weighted by Gasteiger charge is -2.16. The first-order valence-electron chi connectivity index (χ1n) is 6.25. The van der Waals surface area contributed by atoms with E-state index in [1.54, 1.807) is 6.92 Å². The summed E-state index contributed by atoms with van der Waals surface area (Å²) in [5.74, 6) is 0. The molecule has 2 N–H and O–H groups in total. The van der Waals surface area contributed by atoms with Crippen molar-refractivity contribution < 1.29 is 15.1 Å². The summed E-state index contributed by atoms with van der Waals surface area (Å²) < 4.78 is 0. The molecule has 1 heterocycles. The van der Waals surface area contributed by atoms with Gasteiger partial charge in [0, 0.05) is 31.1 Å². The first-order valence-corrected chi connectivity index (χ1v) is 7.07. The Morgan fingerprint density at radius 2 is 2.16 bits per heavy atom. The van der Waals surface area contributed by atoms with Gasteiger partial charge in [-0.05, 0) is 26.2 Å². The SMILES string of the molecule is C[C@H](O)c1cc([N+](=O)[O-])c(N(C)CCCCCO)s1. The second kappa shape index (κ2) is 7.42. The van der Waals surface area contributed by atoms with Crippen molar-refractivity contribution >= 4 is 22.0 Å². The van der Waals surface area contributed by atoms with Crippen LogP contribution in [0.15, 0.2) is 6.07 Å². The van der Waals surface area contributed by atoms with Crippen molar-refractivity contribution in [2.24, 2.45) is 0 Å². The van der Waals surface area contributed by atoms with Crippen LogP contribution in [0.4, 0.5) is 10.7 Å². The van der Waals surface area contributed by atoms with Gasteiger partial charge in [-0.15, -0.1) is 11.3 Å². The number of rotatable bonds is 8. The van der Waals surface area contributed by atoms with Crippen LogP contribution >= 0.6 is 11.3 Å². The maximum Gasteiger partial charge on any atom is 0.304 e. The van der Waals surface area contributed by atoms with Gasteiger partial charge in [0.25, 0.3) is 0 Å². The molecule has 7 heteroatoms. The van der Waals surface area contributed by atoms with Crippen LogP contribution in [0.3, 0.4) is 0 Å². The van der Waals surface area contributed by atoms with Gasteiger partial charge in [-0.1, -0.05) is 0 Å². The zero-order valence-electron chi connectivity index (χ0n) is 11.2. The van der Waals surface area contributed by atoms with E-state index in [9.17, 15) is 15.2 Å². The summed E-state index contributed by atoms with van der Waals surface area (Å²) >= 11 is 1.25. The van der Waals surface area contributed by atoms with Crippen molar-refractivity contribution in [3.8, 4) is 0 Å². The topological polar surface area (TPSA) is 86.8 Å². The van der Waals surface area contributed by atoms with E-state index in [1.165, 1.54) is 17.4 Å². The van der Waals surface area contributed by atoms with Gasteiger partial charge in [0.05, 0.1) is 11.0 Å². The van der Waals surface area contributed by atoms with Crippen LogP contribution < -0.4 is 4.90 Å². The number of nitrogens with zero attached hydrogens (tertiary/aromatic N) is 2. The quantitative estimate of drug-likeness (QED) is 0.435. The molecule has 0 amide bonds. The molecule has 0 bridgehead atoms. The third kappa shape index (κ3) is 4.45. The third-order valence-corrected chi connectivity index (χ3v) is 4.23. The molecular weight excluding hydrogens is 268 g/mol. The van der Waals surface area contributed by atoms with E-state index < -0.39 is 11.0 Å². The minimum atomic E-state index is -0.694. The molecule has 0 saturated carbocycles. The Balaban J connectivity index is 2.76. The van der Waals surface area contributed by atoms with Crippen LogP contribution in [0.2, 0.25) is 0 Å². The standard InChI is InChI=1S/C12H20N2O4S/c1-9(16)11-8-10(14(17)18)12(19-11)13(2)6-4-3-5-7-15/h8-9,15-16H,3-7H2,1-2H3/t9-/m0/s1. The molecule has 0 spiro atoms. The maximum absolute atomic E-state index is 11.0. The molecule has 0 unspecified atom stereocenters. The smallest absolute Gasteiger partial charge is 0.304 e. The van der Waals surface area contributed by atoms with Crippen LogP contribution in [-0.2, 0) is 0 Å². The number of hydrogen-bond donors (Lipinski definition) is 2. The summed E-state index contributed by atoms with van der Waals surface area (Å²) in [5, 5.41) is 29.8. The van der Waals surface area contributed by atoms with Gasteiger partial charge in [-0.25, -0.2) is 0 Å². The van der Waals surface area contributed by atoms with E-state index in [-0.39, 0.29) is 12.3 Å². The van der Waals surface area contributed by atoms with Gasteiger partial charge in [0.2, 0.25) is 0 Å². The normalized spacial score (nSPS) is 12.4. The lowest BCUT2D eigenvalue weighted by molar-refractivity contribution is -0.383. The van der Waals surface area contributed by atoms with Crippen molar-refractivity contribution in [1.82, 2.24) is 0 Å². The van der Waals surface area contributed by atoms with E-state index >= 15 is 0 Å². The van der Waals surface area contributed by atoms with Crippen LogP contribution in [0.5, 0.6) is 0 Å². The minimum absolute atomic E-state index is 0.0468. The molecule has 1 aromatic heterocycles. The zero-order chi connectivity index (χ0) is 14.4. The second-order valence-corrected chi connectivity index (χ2v) is 5.54. The lowest BCUT2D eigenvalue weighted by atomic mass is 10.2. The fourth-order valence-electron chi connectivity index (χ4n) is 1.74. The fourth-order valence-corrected chi connectivity index (χ4v) is 2.79. The Morgan fingerprint density at radius 1 is 1.47 bits per heavy atom. The van der Waals surface area contributed by atoms with Gasteiger partial charge in [0.15, 0.2) is 5.00 Å². The number of hydrogen-bond acceptors (Lipinski definition) is 6.